The molecule has 1 aliphatic carbocycles. The highest BCUT2D eigenvalue weighted by Gasteiger charge is 2.15. The predicted octanol–water partition coefficient (Wildman–Crippen LogP) is 4.02. The number of benzene rings is 2. The van der Waals surface area contributed by atoms with E-state index in [-0.39, 0.29) is 0 Å². The molecule has 0 saturated heterocycles. The number of nitriles is 1. The third-order valence-electron chi connectivity index (χ3n) is 3.97. The molecule has 0 bridgehead atoms. The molecule has 0 unspecified atom stereocenters. The molecule has 1 N–H and O–H groups in total. The molecule has 0 aromatic heterocycles. The second-order valence-electron chi connectivity index (χ2n) is 5.38. The van der Waals surface area contributed by atoms with Crippen LogP contribution in [0.25, 0.3) is 5.57 Å². The molecule has 1 aliphatic rings. The molecule has 22 heavy (non-hydrogen) atoms. The lowest BCUT2D eigenvalue weighted by atomic mass is 9.92. The molecule has 0 heterocycles. The second-order valence-corrected chi connectivity index (χ2v) is 5.38. The summed E-state index contributed by atoms with van der Waals surface area (Å²) in [6.45, 7) is 0. The number of aromatic carboxylic acids is 1. The molecule has 3 nitrogen and oxygen atoms in total. The van der Waals surface area contributed by atoms with Crippen LogP contribution in [-0.4, -0.2) is 11.1 Å². The van der Waals surface area contributed by atoms with Crippen LogP contribution in [0, 0.1) is 11.3 Å². The van der Waals surface area contributed by atoms with E-state index in [1.165, 1.54) is 5.56 Å². The summed E-state index contributed by atoms with van der Waals surface area (Å²) in [6.07, 6.45) is 5.13. The van der Waals surface area contributed by atoms with E-state index in [1.807, 2.05) is 18.2 Å². The number of rotatable bonds is 2. The fourth-order valence-electron chi connectivity index (χ4n) is 2.82. The summed E-state index contributed by atoms with van der Waals surface area (Å²) in [5.74, 6) is -0.911. The van der Waals surface area contributed by atoms with Crippen molar-refractivity contribution in [3.63, 3.8) is 0 Å². The zero-order valence-electron chi connectivity index (χ0n) is 12.0. The Morgan fingerprint density at radius 3 is 2.59 bits per heavy atom. The lowest BCUT2D eigenvalue weighted by Gasteiger charge is -2.12. The van der Waals surface area contributed by atoms with Gasteiger partial charge in [0.25, 0.3) is 0 Å². The van der Waals surface area contributed by atoms with Crippen molar-refractivity contribution in [2.75, 3.05) is 0 Å². The molecular weight excluding hydrogens is 274 g/mol. The first-order valence-electron chi connectivity index (χ1n) is 7.26. The minimum Gasteiger partial charge on any atom is -0.478 e. The second kappa shape index (κ2) is 5.87. The van der Waals surface area contributed by atoms with Crippen molar-refractivity contribution in [2.45, 2.75) is 19.3 Å². The van der Waals surface area contributed by atoms with Gasteiger partial charge in [0.2, 0.25) is 0 Å². The van der Waals surface area contributed by atoms with E-state index >= 15 is 0 Å². The maximum atomic E-state index is 11.2. The van der Waals surface area contributed by atoms with Crippen LogP contribution in [0.1, 0.15) is 45.5 Å². The van der Waals surface area contributed by atoms with Crippen LogP contribution in [0.5, 0.6) is 0 Å². The highest BCUT2D eigenvalue weighted by atomic mass is 16.4. The van der Waals surface area contributed by atoms with Gasteiger partial charge >= 0.3 is 5.97 Å². The number of carboxylic acids is 1. The number of hydrogen-bond donors (Lipinski definition) is 1. The molecule has 3 heteroatoms. The van der Waals surface area contributed by atoms with Gasteiger partial charge in [-0.05, 0) is 65.8 Å². The molecule has 0 fully saturated rings. The van der Waals surface area contributed by atoms with Crippen molar-refractivity contribution in [1.82, 2.24) is 0 Å². The average molecular weight is 289 g/mol. The van der Waals surface area contributed by atoms with Crippen LogP contribution < -0.4 is 0 Å². The van der Waals surface area contributed by atoms with Crippen molar-refractivity contribution in [3.8, 4) is 6.07 Å². The quantitative estimate of drug-likeness (QED) is 0.908. The van der Waals surface area contributed by atoms with Crippen molar-refractivity contribution in [2.24, 2.45) is 0 Å². The number of fused-ring (bicyclic) bond motifs is 1. The summed E-state index contributed by atoms with van der Waals surface area (Å²) in [5, 5.41) is 18.1. The number of allylic oxidation sites excluding steroid dienone is 1. The third kappa shape index (κ3) is 2.64. The molecule has 0 atom stereocenters. The minimum absolute atomic E-state index is 0.306. The Morgan fingerprint density at radius 2 is 1.91 bits per heavy atom. The van der Waals surface area contributed by atoms with Crippen molar-refractivity contribution in [3.05, 3.63) is 76.4 Å². The van der Waals surface area contributed by atoms with Gasteiger partial charge in [0.05, 0.1) is 17.2 Å². The SMILES string of the molecule is N#Cc1ccc(C2=CCCCc3ccc(C(=O)O)cc32)cc1. The van der Waals surface area contributed by atoms with Gasteiger partial charge < -0.3 is 5.11 Å². The van der Waals surface area contributed by atoms with E-state index in [4.69, 9.17) is 5.26 Å². The Bertz CT molecular complexity index is 795. The summed E-state index contributed by atoms with van der Waals surface area (Å²) in [6, 6.07) is 14.9. The number of aryl methyl sites for hydroxylation is 1. The summed E-state index contributed by atoms with van der Waals surface area (Å²) in [7, 11) is 0. The van der Waals surface area contributed by atoms with Crippen molar-refractivity contribution < 1.29 is 9.90 Å². The summed E-state index contributed by atoms with van der Waals surface area (Å²) >= 11 is 0. The summed E-state index contributed by atoms with van der Waals surface area (Å²) in [5.41, 5.74) is 5.17. The van der Waals surface area contributed by atoms with Crippen molar-refractivity contribution in [1.29, 1.82) is 5.26 Å². The van der Waals surface area contributed by atoms with Gasteiger partial charge in [-0.3, -0.25) is 0 Å². The lowest BCUT2D eigenvalue weighted by molar-refractivity contribution is 0.0697. The van der Waals surface area contributed by atoms with Gasteiger partial charge in [-0.25, -0.2) is 4.79 Å². The van der Waals surface area contributed by atoms with Crippen LogP contribution >= 0.6 is 0 Å². The largest absolute Gasteiger partial charge is 0.478 e. The topological polar surface area (TPSA) is 61.1 Å². The standard InChI is InChI=1S/C19H15NO2/c20-12-13-5-7-15(8-6-13)17-4-2-1-3-14-9-10-16(19(21)22)11-18(14)17/h4-11H,1-3H2,(H,21,22). The van der Waals surface area contributed by atoms with Crippen LogP contribution in [0.15, 0.2) is 48.5 Å². The average Bonchev–Trinajstić information content (AvgIpc) is 2.76. The maximum absolute atomic E-state index is 11.2. The molecule has 3 rings (SSSR count). The molecule has 2 aromatic carbocycles. The molecular formula is C19H15NO2. The fraction of sp³-hybridized carbons (Fsp3) is 0.158. The van der Waals surface area contributed by atoms with Gasteiger partial charge in [-0.2, -0.15) is 5.26 Å². The monoisotopic (exact) mass is 289 g/mol. The van der Waals surface area contributed by atoms with Crippen LogP contribution in [-0.2, 0) is 6.42 Å². The molecule has 0 spiro atoms. The van der Waals surface area contributed by atoms with Crippen LogP contribution in [0.4, 0.5) is 0 Å². The molecule has 108 valence electrons. The van der Waals surface area contributed by atoms with E-state index in [9.17, 15) is 9.90 Å². The first-order chi connectivity index (χ1) is 10.7. The maximum Gasteiger partial charge on any atom is 0.335 e. The van der Waals surface area contributed by atoms with Gasteiger partial charge in [0.15, 0.2) is 0 Å². The number of hydrogen-bond acceptors (Lipinski definition) is 2. The third-order valence-corrected chi connectivity index (χ3v) is 3.97. The number of nitrogens with zero attached hydrogens (tertiary/aromatic N) is 1. The Kier molecular flexibility index (Phi) is 3.76. The number of carbonyl (C=O) groups is 1. The van der Waals surface area contributed by atoms with Gasteiger partial charge in [-0.1, -0.05) is 24.3 Å². The highest BCUT2D eigenvalue weighted by molar-refractivity contribution is 5.91. The molecule has 0 aliphatic heterocycles. The smallest absolute Gasteiger partial charge is 0.335 e. The Morgan fingerprint density at radius 1 is 1.14 bits per heavy atom. The lowest BCUT2D eigenvalue weighted by Crippen LogP contribution is -2.01. The van der Waals surface area contributed by atoms with E-state index in [2.05, 4.69) is 12.1 Å². The highest BCUT2D eigenvalue weighted by Crippen LogP contribution is 2.31. The Hall–Kier alpha value is -2.86. The fourth-order valence-corrected chi connectivity index (χ4v) is 2.82. The molecule has 0 saturated carbocycles. The first kappa shape index (κ1) is 14.1. The Balaban J connectivity index is 2.12. The molecule has 0 amide bonds. The zero-order valence-corrected chi connectivity index (χ0v) is 12.0. The van der Waals surface area contributed by atoms with Crippen LogP contribution in [0.3, 0.4) is 0 Å². The zero-order chi connectivity index (χ0) is 15.5. The molecule has 0 radical (unpaired) electrons. The Labute approximate surface area is 129 Å². The van der Waals surface area contributed by atoms with E-state index in [0.717, 1.165) is 36.0 Å². The summed E-state index contributed by atoms with van der Waals surface area (Å²) < 4.78 is 0. The van der Waals surface area contributed by atoms with Crippen molar-refractivity contribution >= 4 is 11.5 Å². The van der Waals surface area contributed by atoms with E-state index in [0.29, 0.717) is 11.1 Å². The predicted molar refractivity (Wildman–Crippen MR) is 84.6 cm³/mol. The number of carboxylic acid groups (broad SMARTS) is 1. The molecule has 2 aromatic rings. The first-order valence-corrected chi connectivity index (χ1v) is 7.26. The van der Waals surface area contributed by atoms with E-state index in [1.54, 1.807) is 24.3 Å². The van der Waals surface area contributed by atoms with Gasteiger partial charge in [0.1, 0.15) is 0 Å². The van der Waals surface area contributed by atoms with Gasteiger partial charge in [-0.15, -0.1) is 0 Å². The van der Waals surface area contributed by atoms with Gasteiger partial charge in [0, 0.05) is 0 Å². The minimum atomic E-state index is -0.911. The summed E-state index contributed by atoms with van der Waals surface area (Å²) in [4.78, 5) is 11.2. The normalized spacial score (nSPS) is 13.5. The van der Waals surface area contributed by atoms with E-state index < -0.39 is 5.97 Å². The van der Waals surface area contributed by atoms with Crippen LogP contribution in [0.2, 0.25) is 0 Å².